The second-order valence-corrected chi connectivity index (χ2v) is 4.95. The Kier molecular flexibility index (Phi) is 3.97. The lowest BCUT2D eigenvalue weighted by Crippen LogP contribution is -2.36. The first-order valence-electron chi connectivity index (χ1n) is 5.54. The number of alkyl halides is 3. The highest BCUT2D eigenvalue weighted by Gasteiger charge is 2.35. The number of anilines is 2. The van der Waals surface area contributed by atoms with Crippen LogP contribution in [0.5, 0.6) is 0 Å². The predicted octanol–water partition coefficient (Wildman–Crippen LogP) is 2.35. The van der Waals surface area contributed by atoms with Gasteiger partial charge in [-0.25, -0.2) is 0 Å². The van der Waals surface area contributed by atoms with Crippen molar-refractivity contribution in [1.82, 2.24) is 0 Å². The summed E-state index contributed by atoms with van der Waals surface area (Å²) in [7, 11) is 0. The fourth-order valence-corrected chi connectivity index (χ4v) is 1.75. The molecule has 0 aromatic heterocycles. The maximum atomic E-state index is 12.9. The van der Waals surface area contributed by atoms with E-state index in [1.807, 2.05) is 0 Å². The fourth-order valence-electron chi connectivity index (χ4n) is 1.75. The van der Waals surface area contributed by atoms with Crippen molar-refractivity contribution in [1.29, 1.82) is 0 Å². The van der Waals surface area contributed by atoms with Crippen molar-refractivity contribution in [2.45, 2.75) is 32.0 Å². The van der Waals surface area contributed by atoms with E-state index < -0.39 is 23.2 Å². The molecule has 0 fully saturated rings. The number of nitrogens with one attached hydrogen (secondary N) is 1. The molecule has 1 aromatic rings. The van der Waals surface area contributed by atoms with Crippen molar-refractivity contribution in [2.75, 3.05) is 11.1 Å². The van der Waals surface area contributed by atoms with Crippen LogP contribution >= 0.6 is 0 Å². The third-order valence-corrected chi connectivity index (χ3v) is 2.44. The Morgan fingerprint density at radius 3 is 2.37 bits per heavy atom. The fraction of sp³-hybridized carbons (Fsp3) is 0.417. The van der Waals surface area contributed by atoms with Crippen LogP contribution in [0.4, 0.5) is 24.5 Å². The average Bonchev–Trinajstić information content (AvgIpc) is 2.16. The lowest BCUT2D eigenvalue weighted by Gasteiger charge is -2.28. The second kappa shape index (κ2) is 4.99. The largest absolute Gasteiger partial charge is 0.418 e. The Morgan fingerprint density at radius 1 is 1.32 bits per heavy atom. The molecule has 19 heavy (non-hydrogen) atoms. The number of carbonyl (C=O) groups is 1. The summed E-state index contributed by atoms with van der Waals surface area (Å²) < 4.78 is 38.6. The molecule has 5 N–H and O–H groups in total. The second-order valence-electron chi connectivity index (χ2n) is 4.95. The van der Waals surface area contributed by atoms with E-state index in [-0.39, 0.29) is 17.8 Å². The summed E-state index contributed by atoms with van der Waals surface area (Å²) in [5.74, 6) is -0.596. The van der Waals surface area contributed by atoms with Crippen LogP contribution in [0.25, 0.3) is 0 Å². The van der Waals surface area contributed by atoms with Gasteiger partial charge in [-0.05, 0) is 32.0 Å². The third kappa shape index (κ3) is 4.35. The molecule has 7 heteroatoms. The molecule has 0 aliphatic carbocycles. The molecule has 106 valence electrons. The Hall–Kier alpha value is -1.92. The first-order valence-corrected chi connectivity index (χ1v) is 5.54. The van der Waals surface area contributed by atoms with Crippen LogP contribution in [0.15, 0.2) is 18.2 Å². The molecular weight excluding hydrogens is 259 g/mol. The van der Waals surface area contributed by atoms with Crippen LogP contribution in [-0.4, -0.2) is 11.4 Å². The summed E-state index contributed by atoms with van der Waals surface area (Å²) in [5, 5.41) is 2.68. The SMILES string of the molecule is CC(C)(CC(N)=O)Nc1ccc(N)cc1C(F)(F)F. The number of rotatable bonds is 4. The van der Waals surface area contributed by atoms with Crippen LogP contribution in [-0.2, 0) is 11.0 Å². The van der Waals surface area contributed by atoms with E-state index in [1.165, 1.54) is 12.1 Å². The van der Waals surface area contributed by atoms with Crippen LogP contribution in [0.3, 0.4) is 0 Å². The molecule has 0 saturated carbocycles. The van der Waals surface area contributed by atoms with Crippen LogP contribution in [0.2, 0.25) is 0 Å². The molecule has 0 bridgehead atoms. The van der Waals surface area contributed by atoms with Gasteiger partial charge in [-0.15, -0.1) is 0 Å². The van der Waals surface area contributed by atoms with E-state index in [0.29, 0.717) is 0 Å². The maximum absolute atomic E-state index is 12.9. The zero-order chi connectivity index (χ0) is 14.8. The Morgan fingerprint density at radius 2 is 1.89 bits per heavy atom. The van der Waals surface area contributed by atoms with Gasteiger partial charge in [-0.2, -0.15) is 13.2 Å². The molecule has 4 nitrogen and oxygen atoms in total. The Balaban J connectivity index is 3.11. The van der Waals surface area contributed by atoms with Gasteiger partial charge in [0.1, 0.15) is 0 Å². The lowest BCUT2D eigenvalue weighted by molar-refractivity contribution is -0.136. The maximum Gasteiger partial charge on any atom is 0.418 e. The van der Waals surface area contributed by atoms with Gasteiger partial charge in [-0.1, -0.05) is 0 Å². The standard InChI is InChI=1S/C12H16F3N3O/c1-11(2,6-10(17)19)18-9-4-3-7(16)5-8(9)12(13,14)15/h3-5,18H,6,16H2,1-2H3,(H2,17,19). The minimum Gasteiger partial charge on any atom is -0.399 e. The highest BCUT2D eigenvalue weighted by Crippen LogP contribution is 2.37. The van der Waals surface area contributed by atoms with Crippen molar-refractivity contribution in [2.24, 2.45) is 5.73 Å². The zero-order valence-corrected chi connectivity index (χ0v) is 10.6. The summed E-state index contributed by atoms with van der Waals surface area (Å²) in [6, 6.07) is 3.45. The lowest BCUT2D eigenvalue weighted by atomic mass is 9.98. The van der Waals surface area contributed by atoms with E-state index in [2.05, 4.69) is 5.32 Å². The Bertz CT molecular complexity index is 484. The number of nitrogen functional groups attached to an aromatic ring is 1. The minimum absolute atomic E-state index is 0.0191. The van der Waals surface area contributed by atoms with Crippen molar-refractivity contribution < 1.29 is 18.0 Å². The summed E-state index contributed by atoms with van der Waals surface area (Å²) in [5.41, 5.74) is 8.56. The molecule has 0 aliphatic heterocycles. The number of benzene rings is 1. The molecule has 0 spiro atoms. The summed E-state index contributed by atoms with van der Waals surface area (Å²) in [6.07, 6.45) is -4.62. The van der Waals surface area contributed by atoms with Gasteiger partial charge in [0.05, 0.1) is 5.56 Å². The molecule has 0 atom stereocenters. The molecule has 0 saturated heterocycles. The van der Waals surface area contributed by atoms with Crippen LogP contribution < -0.4 is 16.8 Å². The van der Waals surface area contributed by atoms with Gasteiger partial charge >= 0.3 is 6.18 Å². The van der Waals surface area contributed by atoms with E-state index in [4.69, 9.17) is 11.5 Å². The molecular formula is C12H16F3N3O. The van der Waals surface area contributed by atoms with Crippen LogP contribution in [0.1, 0.15) is 25.8 Å². The summed E-state index contributed by atoms with van der Waals surface area (Å²) in [4.78, 5) is 10.9. The van der Waals surface area contributed by atoms with Crippen molar-refractivity contribution >= 4 is 17.3 Å². The molecule has 0 radical (unpaired) electrons. The van der Waals surface area contributed by atoms with Gasteiger partial charge in [0.2, 0.25) is 5.91 Å². The predicted molar refractivity (Wildman–Crippen MR) is 67.4 cm³/mol. The monoisotopic (exact) mass is 275 g/mol. The number of nitrogens with two attached hydrogens (primary N) is 2. The quantitative estimate of drug-likeness (QED) is 0.738. The number of carbonyl (C=O) groups excluding carboxylic acids is 1. The molecule has 1 aromatic carbocycles. The van der Waals surface area contributed by atoms with E-state index in [9.17, 15) is 18.0 Å². The van der Waals surface area contributed by atoms with Crippen LogP contribution in [0, 0.1) is 0 Å². The third-order valence-electron chi connectivity index (χ3n) is 2.44. The number of hydrogen-bond acceptors (Lipinski definition) is 3. The van der Waals surface area contributed by atoms with Gasteiger partial charge < -0.3 is 16.8 Å². The molecule has 0 unspecified atom stereocenters. The topological polar surface area (TPSA) is 81.1 Å². The number of amides is 1. The van der Waals surface area contributed by atoms with E-state index in [0.717, 1.165) is 6.07 Å². The molecule has 1 amide bonds. The van der Waals surface area contributed by atoms with Crippen molar-refractivity contribution in [3.63, 3.8) is 0 Å². The molecule has 0 aliphatic rings. The number of primary amides is 1. The Labute approximate surface area is 109 Å². The van der Waals surface area contributed by atoms with E-state index in [1.54, 1.807) is 13.8 Å². The van der Waals surface area contributed by atoms with Gasteiger partial charge in [0, 0.05) is 23.3 Å². The summed E-state index contributed by atoms with van der Waals surface area (Å²) >= 11 is 0. The van der Waals surface area contributed by atoms with Crippen molar-refractivity contribution in [3.8, 4) is 0 Å². The van der Waals surface area contributed by atoms with Gasteiger partial charge in [-0.3, -0.25) is 4.79 Å². The normalized spacial score (nSPS) is 12.3. The minimum atomic E-state index is -4.53. The zero-order valence-electron chi connectivity index (χ0n) is 10.6. The number of halogens is 3. The van der Waals surface area contributed by atoms with Gasteiger partial charge in [0.15, 0.2) is 0 Å². The summed E-state index contributed by atoms with van der Waals surface area (Å²) in [6.45, 7) is 3.18. The first kappa shape index (κ1) is 15.1. The number of hydrogen-bond donors (Lipinski definition) is 3. The first-order chi connectivity index (χ1) is 8.51. The highest BCUT2D eigenvalue weighted by atomic mass is 19.4. The van der Waals surface area contributed by atoms with Crippen molar-refractivity contribution in [3.05, 3.63) is 23.8 Å². The molecule has 1 rings (SSSR count). The smallest absolute Gasteiger partial charge is 0.399 e. The average molecular weight is 275 g/mol. The molecule has 0 heterocycles. The highest BCUT2D eigenvalue weighted by molar-refractivity contribution is 5.76. The van der Waals surface area contributed by atoms with E-state index >= 15 is 0 Å². The van der Waals surface area contributed by atoms with Gasteiger partial charge in [0.25, 0.3) is 0 Å².